The molecule has 0 aliphatic rings. The molecule has 2 aromatic rings. The number of likely N-dealkylation sites (N-methyl/N-ethyl adjacent to an activating group) is 1. The van der Waals surface area contributed by atoms with Gasteiger partial charge < -0.3 is 14.6 Å². The van der Waals surface area contributed by atoms with E-state index in [0.717, 1.165) is 0 Å². The number of hydrogen-bond donors (Lipinski definition) is 1. The number of carbonyl (C=O) groups is 2. The molecule has 6 heteroatoms. The highest BCUT2D eigenvalue weighted by Gasteiger charge is 2.17. The van der Waals surface area contributed by atoms with Crippen LogP contribution in [0, 0.1) is 0 Å². The van der Waals surface area contributed by atoms with E-state index in [-0.39, 0.29) is 24.4 Å². The van der Waals surface area contributed by atoms with Crippen molar-refractivity contribution in [2.75, 3.05) is 20.2 Å². The van der Waals surface area contributed by atoms with Crippen LogP contribution >= 0.6 is 0 Å². The van der Waals surface area contributed by atoms with Gasteiger partial charge >= 0.3 is 5.97 Å². The number of amides is 1. The number of aromatic nitrogens is 1. The van der Waals surface area contributed by atoms with E-state index in [1.54, 1.807) is 37.3 Å². The van der Waals surface area contributed by atoms with E-state index < -0.39 is 11.9 Å². The predicted octanol–water partition coefficient (Wildman–Crippen LogP) is 1.16. The molecule has 0 unspecified atom stereocenters. The normalized spacial score (nSPS) is 10.4. The van der Waals surface area contributed by atoms with Crippen molar-refractivity contribution >= 4 is 22.6 Å². The van der Waals surface area contributed by atoms with E-state index in [2.05, 4.69) is 4.98 Å². The van der Waals surface area contributed by atoms with Crippen LogP contribution in [0.15, 0.2) is 35.1 Å². The summed E-state index contributed by atoms with van der Waals surface area (Å²) >= 11 is 0. The fourth-order valence-electron chi connectivity index (χ4n) is 2.00. The van der Waals surface area contributed by atoms with Crippen molar-refractivity contribution in [2.24, 2.45) is 0 Å². The number of rotatable bonds is 4. The molecule has 0 atom stereocenters. The number of aromatic amines is 1. The Labute approximate surface area is 121 Å². The molecule has 0 aliphatic heterocycles. The Morgan fingerprint density at radius 1 is 1.29 bits per heavy atom. The SMILES string of the molecule is CCOC(=O)CN(C)C(=O)c1cc2ccccc2c(=O)[nH]1. The predicted molar refractivity (Wildman–Crippen MR) is 78.2 cm³/mol. The van der Waals surface area contributed by atoms with Crippen molar-refractivity contribution in [3.05, 3.63) is 46.4 Å². The van der Waals surface area contributed by atoms with Crippen LogP contribution in [0.4, 0.5) is 0 Å². The Bertz CT molecular complexity index is 736. The third-order valence-corrected chi connectivity index (χ3v) is 3.00. The summed E-state index contributed by atoms with van der Waals surface area (Å²) in [6.45, 7) is 1.79. The molecule has 0 saturated heterocycles. The quantitative estimate of drug-likeness (QED) is 0.856. The van der Waals surface area contributed by atoms with Gasteiger partial charge in [0.2, 0.25) is 0 Å². The van der Waals surface area contributed by atoms with Gasteiger partial charge in [-0.15, -0.1) is 0 Å². The molecule has 6 nitrogen and oxygen atoms in total. The Hall–Kier alpha value is -2.63. The first kappa shape index (κ1) is 14.8. The van der Waals surface area contributed by atoms with Crippen LogP contribution in [0.25, 0.3) is 10.8 Å². The number of nitrogens with zero attached hydrogens (tertiary/aromatic N) is 1. The van der Waals surface area contributed by atoms with Gasteiger partial charge in [-0.05, 0) is 24.4 Å². The van der Waals surface area contributed by atoms with Gasteiger partial charge in [0.1, 0.15) is 12.2 Å². The number of ether oxygens (including phenoxy) is 1. The molecule has 0 saturated carbocycles. The lowest BCUT2D eigenvalue weighted by molar-refractivity contribution is -0.143. The molecule has 1 heterocycles. The topological polar surface area (TPSA) is 79.5 Å². The molecule has 0 fully saturated rings. The van der Waals surface area contributed by atoms with Crippen LogP contribution in [-0.2, 0) is 9.53 Å². The molecule has 0 aliphatic carbocycles. The number of benzene rings is 1. The van der Waals surface area contributed by atoms with Gasteiger partial charge in [-0.2, -0.15) is 0 Å². The summed E-state index contributed by atoms with van der Waals surface area (Å²) in [5, 5.41) is 1.19. The van der Waals surface area contributed by atoms with E-state index in [1.807, 2.05) is 0 Å². The zero-order valence-corrected chi connectivity index (χ0v) is 11.9. The van der Waals surface area contributed by atoms with Gasteiger partial charge in [0.15, 0.2) is 0 Å². The fourth-order valence-corrected chi connectivity index (χ4v) is 2.00. The lowest BCUT2D eigenvalue weighted by Gasteiger charge is -2.16. The third kappa shape index (κ3) is 3.28. The Balaban J connectivity index is 2.27. The first-order valence-corrected chi connectivity index (χ1v) is 6.56. The smallest absolute Gasteiger partial charge is 0.325 e. The molecule has 1 aromatic heterocycles. The largest absolute Gasteiger partial charge is 0.465 e. The van der Waals surface area contributed by atoms with Gasteiger partial charge in [0, 0.05) is 12.4 Å². The number of esters is 1. The zero-order valence-electron chi connectivity index (χ0n) is 11.9. The second kappa shape index (κ2) is 6.21. The van der Waals surface area contributed by atoms with Crippen molar-refractivity contribution in [3.8, 4) is 0 Å². The summed E-state index contributed by atoms with van der Waals surface area (Å²) in [4.78, 5) is 39.3. The Kier molecular flexibility index (Phi) is 4.37. The molecular formula is C15H16N2O4. The van der Waals surface area contributed by atoms with Crippen LogP contribution in [0.2, 0.25) is 0 Å². The molecule has 1 amide bonds. The van der Waals surface area contributed by atoms with E-state index in [1.165, 1.54) is 11.9 Å². The Morgan fingerprint density at radius 3 is 2.71 bits per heavy atom. The first-order valence-electron chi connectivity index (χ1n) is 6.56. The van der Waals surface area contributed by atoms with Crippen LogP contribution < -0.4 is 5.56 Å². The molecular weight excluding hydrogens is 272 g/mol. The van der Waals surface area contributed by atoms with Gasteiger partial charge in [-0.1, -0.05) is 18.2 Å². The van der Waals surface area contributed by atoms with Crippen molar-refractivity contribution < 1.29 is 14.3 Å². The highest BCUT2D eigenvalue weighted by Crippen LogP contribution is 2.11. The summed E-state index contributed by atoms with van der Waals surface area (Å²) in [5.74, 6) is -0.928. The highest BCUT2D eigenvalue weighted by atomic mass is 16.5. The maximum Gasteiger partial charge on any atom is 0.325 e. The molecule has 110 valence electrons. The first-order chi connectivity index (χ1) is 10.0. The maximum atomic E-state index is 12.2. The number of fused-ring (bicyclic) bond motifs is 1. The minimum Gasteiger partial charge on any atom is -0.465 e. The van der Waals surface area contributed by atoms with Crippen molar-refractivity contribution in [1.82, 2.24) is 9.88 Å². The second-order valence-electron chi connectivity index (χ2n) is 4.57. The molecule has 0 radical (unpaired) electrons. The van der Waals surface area contributed by atoms with E-state index in [4.69, 9.17) is 4.74 Å². The third-order valence-electron chi connectivity index (χ3n) is 3.00. The second-order valence-corrected chi connectivity index (χ2v) is 4.57. The monoisotopic (exact) mass is 288 g/mol. The summed E-state index contributed by atoms with van der Waals surface area (Å²) in [6, 6.07) is 8.59. The van der Waals surface area contributed by atoms with Crippen LogP contribution in [0.5, 0.6) is 0 Å². The van der Waals surface area contributed by atoms with Gasteiger partial charge in [0.05, 0.1) is 6.61 Å². The van der Waals surface area contributed by atoms with Gasteiger partial charge in [-0.25, -0.2) is 0 Å². The van der Waals surface area contributed by atoms with Gasteiger partial charge in [-0.3, -0.25) is 14.4 Å². The standard InChI is InChI=1S/C15H16N2O4/c1-3-21-13(18)9-17(2)15(20)12-8-10-6-4-5-7-11(10)14(19)16-12/h4-8H,3,9H2,1-2H3,(H,16,19). The van der Waals surface area contributed by atoms with E-state index in [0.29, 0.717) is 10.8 Å². The zero-order chi connectivity index (χ0) is 15.4. The lowest BCUT2D eigenvalue weighted by Crippen LogP contribution is -2.34. The van der Waals surface area contributed by atoms with Gasteiger partial charge in [0.25, 0.3) is 11.5 Å². The van der Waals surface area contributed by atoms with Crippen molar-refractivity contribution in [2.45, 2.75) is 6.92 Å². The number of H-pyrrole nitrogens is 1. The van der Waals surface area contributed by atoms with E-state index in [9.17, 15) is 14.4 Å². The van der Waals surface area contributed by atoms with Crippen LogP contribution in [0.1, 0.15) is 17.4 Å². The summed E-state index contributed by atoms with van der Waals surface area (Å²) in [7, 11) is 1.48. The Morgan fingerprint density at radius 2 is 2.00 bits per heavy atom. The molecule has 0 spiro atoms. The van der Waals surface area contributed by atoms with Crippen molar-refractivity contribution in [3.63, 3.8) is 0 Å². The fraction of sp³-hybridized carbons (Fsp3) is 0.267. The lowest BCUT2D eigenvalue weighted by atomic mass is 10.1. The minimum atomic E-state index is -0.489. The summed E-state index contributed by atoms with van der Waals surface area (Å²) in [6.07, 6.45) is 0. The minimum absolute atomic E-state index is 0.144. The van der Waals surface area contributed by atoms with E-state index >= 15 is 0 Å². The molecule has 1 aromatic carbocycles. The van der Waals surface area contributed by atoms with Crippen molar-refractivity contribution in [1.29, 1.82) is 0 Å². The highest BCUT2D eigenvalue weighted by molar-refractivity contribution is 5.97. The average Bonchev–Trinajstić information content (AvgIpc) is 2.46. The summed E-state index contributed by atoms with van der Waals surface area (Å²) in [5.41, 5.74) is -0.188. The molecule has 0 bridgehead atoms. The number of hydrogen-bond acceptors (Lipinski definition) is 4. The number of pyridine rings is 1. The molecule has 2 rings (SSSR count). The molecule has 21 heavy (non-hydrogen) atoms. The number of carbonyl (C=O) groups excluding carboxylic acids is 2. The average molecular weight is 288 g/mol. The maximum absolute atomic E-state index is 12.2. The molecule has 1 N–H and O–H groups in total. The van der Waals surface area contributed by atoms with Crippen LogP contribution in [-0.4, -0.2) is 42.0 Å². The number of nitrogens with one attached hydrogen (secondary N) is 1. The van der Waals surface area contributed by atoms with Crippen LogP contribution in [0.3, 0.4) is 0 Å². The summed E-state index contributed by atoms with van der Waals surface area (Å²) < 4.78 is 4.79.